The maximum Gasteiger partial charge on any atom is 0.246 e. The number of hydrogen-bond donors (Lipinski definition) is 2. The molecule has 2 heterocycles. The van der Waals surface area contributed by atoms with Gasteiger partial charge in [0.05, 0.1) is 18.9 Å². The van der Waals surface area contributed by atoms with Gasteiger partial charge in [-0.3, -0.25) is 4.90 Å². The van der Waals surface area contributed by atoms with Crippen LogP contribution >= 0.6 is 0 Å². The second-order valence-electron chi connectivity index (χ2n) is 7.94. The molecular weight excluding hydrogens is 414 g/mol. The summed E-state index contributed by atoms with van der Waals surface area (Å²) in [7, 11) is 0. The van der Waals surface area contributed by atoms with Crippen molar-refractivity contribution in [2.75, 3.05) is 43.5 Å². The third kappa shape index (κ3) is 5.60. The van der Waals surface area contributed by atoms with Crippen molar-refractivity contribution in [2.24, 2.45) is 0 Å². The SMILES string of the molecule is CCC(CNc1cc(C)cc(Nc2ncn(-c3cc(F)cc(F)c3)n2)c1)N1CCOCC1. The summed E-state index contributed by atoms with van der Waals surface area (Å²) in [6.07, 6.45) is 2.48. The summed E-state index contributed by atoms with van der Waals surface area (Å²) >= 11 is 0. The first kappa shape index (κ1) is 22.2. The van der Waals surface area contributed by atoms with Gasteiger partial charge in [-0.15, -0.1) is 5.10 Å². The van der Waals surface area contributed by atoms with Crippen molar-refractivity contribution in [1.82, 2.24) is 19.7 Å². The summed E-state index contributed by atoms with van der Waals surface area (Å²) in [4.78, 5) is 6.68. The van der Waals surface area contributed by atoms with Crippen molar-refractivity contribution in [1.29, 1.82) is 0 Å². The maximum absolute atomic E-state index is 13.5. The van der Waals surface area contributed by atoms with E-state index in [1.165, 1.54) is 23.1 Å². The van der Waals surface area contributed by atoms with Crippen molar-refractivity contribution in [3.05, 3.63) is 59.9 Å². The average Bonchev–Trinajstić information content (AvgIpc) is 3.22. The molecule has 1 saturated heterocycles. The molecule has 1 aliphatic heterocycles. The standard InChI is InChI=1S/C23H28F2N6O/c1-3-21(30-4-6-32-7-5-30)14-26-19-8-16(2)9-20(13-19)28-23-27-15-31(29-23)22-11-17(24)10-18(25)12-22/h8-13,15,21,26H,3-7,14H2,1-2H3,(H,28,29). The number of rotatable bonds is 8. The van der Waals surface area contributed by atoms with Gasteiger partial charge in [0.15, 0.2) is 0 Å². The third-order valence-corrected chi connectivity index (χ3v) is 5.51. The van der Waals surface area contributed by atoms with Crippen LogP contribution < -0.4 is 10.6 Å². The van der Waals surface area contributed by atoms with Gasteiger partial charge in [-0.2, -0.15) is 4.98 Å². The molecule has 0 bridgehead atoms. The van der Waals surface area contributed by atoms with Crippen molar-refractivity contribution in [3.63, 3.8) is 0 Å². The number of aromatic nitrogens is 3. The summed E-state index contributed by atoms with van der Waals surface area (Å²) in [5, 5.41) is 11.0. The van der Waals surface area contributed by atoms with Crippen LogP contribution in [0.5, 0.6) is 0 Å². The maximum atomic E-state index is 13.5. The van der Waals surface area contributed by atoms with E-state index in [1.807, 2.05) is 19.1 Å². The molecule has 170 valence electrons. The van der Waals surface area contributed by atoms with Crippen molar-refractivity contribution in [2.45, 2.75) is 26.3 Å². The van der Waals surface area contributed by atoms with Crippen LogP contribution in [0.1, 0.15) is 18.9 Å². The topological polar surface area (TPSA) is 67.2 Å². The highest BCUT2D eigenvalue weighted by atomic mass is 19.1. The molecule has 3 aromatic rings. The van der Waals surface area contributed by atoms with Gasteiger partial charge in [0.25, 0.3) is 0 Å². The largest absolute Gasteiger partial charge is 0.383 e. The van der Waals surface area contributed by atoms with Crippen molar-refractivity contribution < 1.29 is 13.5 Å². The first-order chi connectivity index (χ1) is 15.5. The molecule has 2 aromatic carbocycles. The molecule has 1 aliphatic rings. The molecule has 0 saturated carbocycles. The van der Waals surface area contributed by atoms with E-state index < -0.39 is 11.6 Å². The lowest BCUT2D eigenvalue weighted by atomic mass is 10.1. The zero-order valence-corrected chi connectivity index (χ0v) is 18.3. The van der Waals surface area contributed by atoms with E-state index in [0.29, 0.717) is 12.0 Å². The molecular formula is C23H28F2N6O. The number of hydrogen-bond acceptors (Lipinski definition) is 6. The molecule has 32 heavy (non-hydrogen) atoms. The highest BCUT2D eigenvalue weighted by molar-refractivity contribution is 5.63. The Morgan fingerprint density at radius 2 is 1.75 bits per heavy atom. The van der Waals surface area contributed by atoms with E-state index in [9.17, 15) is 8.78 Å². The summed E-state index contributed by atoms with van der Waals surface area (Å²) in [6.45, 7) is 8.58. The molecule has 1 unspecified atom stereocenters. The molecule has 1 atom stereocenters. The third-order valence-electron chi connectivity index (χ3n) is 5.51. The first-order valence-electron chi connectivity index (χ1n) is 10.8. The lowest BCUT2D eigenvalue weighted by molar-refractivity contribution is 0.0184. The number of anilines is 3. The van der Waals surface area contributed by atoms with Gasteiger partial charge in [0.1, 0.15) is 18.0 Å². The fraction of sp³-hybridized carbons (Fsp3) is 0.391. The molecule has 4 rings (SSSR count). The van der Waals surface area contributed by atoms with Crippen LogP contribution in [0.25, 0.3) is 5.69 Å². The molecule has 1 aromatic heterocycles. The highest BCUT2D eigenvalue weighted by Gasteiger charge is 2.19. The van der Waals surface area contributed by atoms with Crippen LogP contribution in [-0.4, -0.2) is 58.6 Å². The second-order valence-corrected chi connectivity index (χ2v) is 7.94. The van der Waals surface area contributed by atoms with Gasteiger partial charge in [-0.05, 0) is 49.2 Å². The zero-order valence-electron chi connectivity index (χ0n) is 18.3. The summed E-state index contributed by atoms with van der Waals surface area (Å²) < 4.78 is 33.8. The molecule has 0 aliphatic carbocycles. The predicted molar refractivity (Wildman–Crippen MR) is 121 cm³/mol. The van der Waals surface area contributed by atoms with Crippen LogP contribution in [0.4, 0.5) is 26.1 Å². The summed E-state index contributed by atoms with van der Waals surface area (Å²) in [6, 6.07) is 9.76. The van der Waals surface area contributed by atoms with Gasteiger partial charge in [-0.25, -0.2) is 13.5 Å². The van der Waals surface area contributed by atoms with Gasteiger partial charge < -0.3 is 15.4 Å². The lowest BCUT2D eigenvalue weighted by Gasteiger charge is -2.34. The van der Waals surface area contributed by atoms with Crippen molar-refractivity contribution in [3.8, 4) is 5.69 Å². The second kappa shape index (κ2) is 10.1. The van der Waals surface area contributed by atoms with E-state index in [4.69, 9.17) is 4.74 Å². The number of ether oxygens (including phenoxy) is 1. The smallest absolute Gasteiger partial charge is 0.246 e. The monoisotopic (exact) mass is 442 g/mol. The molecule has 9 heteroatoms. The Bertz CT molecular complexity index is 1030. The number of halogens is 2. The Morgan fingerprint density at radius 3 is 2.47 bits per heavy atom. The van der Waals surface area contributed by atoms with E-state index in [2.05, 4.69) is 38.6 Å². The fourth-order valence-electron chi connectivity index (χ4n) is 3.91. The highest BCUT2D eigenvalue weighted by Crippen LogP contribution is 2.22. The van der Waals surface area contributed by atoms with E-state index in [1.54, 1.807) is 0 Å². The Labute approximate surface area is 186 Å². The number of nitrogens with one attached hydrogen (secondary N) is 2. The van der Waals surface area contributed by atoms with Crippen LogP contribution in [0.3, 0.4) is 0 Å². The Kier molecular flexibility index (Phi) is 6.96. The molecule has 1 fully saturated rings. The van der Waals surface area contributed by atoms with E-state index >= 15 is 0 Å². The minimum absolute atomic E-state index is 0.267. The Morgan fingerprint density at radius 1 is 1.03 bits per heavy atom. The summed E-state index contributed by atoms with van der Waals surface area (Å²) in [5.74, 6) is -0.991. The molecule has 0 radical (unpaired) electrons. The van der Waals surface area contributed by atoms with Gasteiger partial charge in [0, 0.05) is 43.1 Å². The van der Waals surface area contributed by atoms with E-state index in [0.717, 1.165) is 62.3 Å². The normalized spacial score (nSPS) is 15.5. The Balaban J connectivity index is 1.43. The molecule has 0 spiro atoms. The van der Waals surface area contributed by atoms with Crippen LogP contribution in [0.2, 0.25) is 0 Å². The number of morpholine rings is 1. The fourth-order valence-corrected chi connectivity index (χ4v) is 3.91. The number of nitrogens with zero attached hydrogens (tertiary/aromatic N) is 4. The lowest BCUT2D eigenvalue weighted by Crippen LogP contribution is -2.46. The average molecular weight is 443 g/mol. The summed E-state index contributed by atoms with van der Waals surface area (Å²) in [5.41, 5.74) is 3.19. The molecule has 0 amide bonds. The zero-order chi connectivity index (χ0) is 22.5. The van der Waals surface area contributed by atoms with Crippen LogP contribution in [-0.2, 0) is 4.74 Å². The minimum Gasteiger partial charge on any atom is -0.383 e. The van der Waals surface area contributed by atoms with Crippen LogP contribution in [0, 0.1) is 18.6 Å². The molecule has 2 N–H and O–H groups in total. The van der Waals surface area contributed by atoms with Crippen LogP contribution in [0.15, 0.2) is 42.7 Å². The van der Waals surface area contributed by atoms with Gasteiger partial charge in [0.2, 0.25) is 5.95 Å². The van der Waals surface area contributed by atoms with Gasteiger partial charge in [-0.1, -0.05) is 6.92 Å². The van der Waals surface area contributed by atoms with Crippen molar-refractivity contribution >= 4 is 17.3 Å². The van der Waals surface area contributed by atoms with E-state index in [-0.39, 0.29) is 5.69 Å². The van der Waals surface area contributed by atoms with Gasteiger partial charge >= 0.3 is 0 Å². The minimum atomic E-state index is -0.665. The quantitative estimate of drug-likeness (QED) is 0.547. The molecule has 7 nitrogen and oxygen atoms in total. The first-order valence-corrected chi connectivity index (χ1v) is 10.8. The Hall–Kier alpha value is -3.04. The predicted octanol–water partition coefficient (Wildman–Crippen LogP) is 4.12. The number of aryl methyl sites for hydroxylation is 1. The number of benzene rings is 2.